The number of hydrogen-bond donors (Lipinski definition) is 0. The van der Waals surface area contributed by atoms with Crippen LogP contribution in [0.25, 0.3) is 22.4 Å². The van der Waals surface area contributed by atoms with Crippen molar-refractivity contribution in [2.45, 2.75) is 6.92 Å². The van der Waals surface area contributed by atoms with Crippen LogP contribution >= 0.6 is 11.6 Å². The monoisotopic (exact) mass is 271 g/mol. The van der Waals surface area contributed by atoms with Crippen LogP contribution in [-0.2, 0) is 0 Å². The Balaban J connectivity index is 2.36. The summed E-state index contributed by atoms with van der Waals surface area (Å²) >= 11 is 6.09. The van der Waals surface area contributed by atoms with Gasteiger partial charge in [-0.15, -0.1) is 0 Å². The summed E-state index contributed by atoms with van der Waals surface area (Å²) in [5, 5.41) is 0.838. The van der Waals surface area contributed by atoms with Crippen LogP contribution in [0.2, 0.25) is 5.02 Å². The Labute approximate surface area is 114 Å². The van der Waals surface area contributed by atoms with E-state index in [0.717, 1.165) is 11.1 Å². The van der Waals surface area contributed by atoms with Crippen LogP contribution in [0.1, 0.15) is 5.56 Å². The zero-order valence-corrected chi connectivity index (χ0v) is 10.9. The molecule has 0 aliphatic carbocycles. The second-order valence-corrected chi connectivity index (χ2v) is 4.66. The number of fused-ring (bicyclic) bond motifs is 1. The van der Waals surface area contributed by atoms with E-state index in [0.29, 0.717) is 21.8 Å². The maximum absolute atomic E-state index is 12.0. The van der Waals surface area contributed by atoms with Gasteiger partial charge in [0.2, 0.25) is 5.89 Å². The first-order valence-corrected chi connectivity index (χ1v) is 6.20. The number of benzene rings is 2. The number of aryl methyl sites for hydroxylation is 1. The molecule has 3 nitrogen and oxygen atoms in total. The van der Waals surface area contributed by atoms with Gasteiger partial charge in [-0.3, -0.25) is 0 Å². The fourth-order valence-corrected chi connectivity index (χ4v) is 2.21. The Morgan fingerprint density at radius 2 is 1.89 bits per heavy atom. The lowest BCUT2D eigenvalue weighted by Gasteiger charge is -2.05. The molecule has 0 saturated heterocycles. The Bertz CT molecular complexity index is 824. The summed E-state index contributed by atoms with van der Waals surface area (Å²) in [6.07, 6.45) is 0. The molecule has 94 valence electrons. The maximum Gasteiger partial charge on any atom is 0.347 e. The van der Waals surface area contributed by atoms with E-state index in [-0.39, 0.29) is 0 Å². The molecule has 0 atom stereocenters. The van der Waals surface area contributed by atoms with Crippen molar-refractivity contribution in [2.24, 2.45) is 0 Å². The third-order valence-corrected chi connectivity index (χ3v) is 3.29. The van der Waals surface area contributed by atoms with E-state index >= 15 is 0 Å². The van der Waals surface area contributed by atoms with Crippen LogP contribution < -0.4 is 5.63 Å². The Morgan fingerprint density at radius 1 is 1.11 bits per heavy atom. The molecule has 0 bridgehead atoms. The Morgan fingerprint density at radius 3 is 2.68 bits per heavy atom. The molecule has 0 aliphatic rings. The van der Waals surface area contributed by atoms with Crippen LogP contribution in [0.4, 0.5) is 0 Å². The third kappa shape index (κ3) is 2.02. The summed E-state index contributed by atoms with van der Waals surface area (Å²) in [7, 11) is 0. The molecule has 0 fully saturated rings. The molecule has 0 aliphatic heterocycles. The van der Waals surface area contributed by atoms with Gasteiger partial charge < -0.3 is 4.42 Å². The molecule has 1 heterocycles. The van der Waals surface area contributed by atoms with Crippen molar-refractivity contribution in [3.63, 3.8) is 0 Å². The van der Waals surface area contributed by atoms with E-state index in [1.165, 1.54) is 0 Å². The average molecular weight is 272 g/mol. The summed E-state index contributed by atoms with van der Waals surface area (Å²) in [5.41, 5.74) is 1.83. The van der Waals surface area contributed by atoms with Gasteiger partial charge in [0.05, 0.1) is 10.4 Å². The molecule has 1 aromatic heterocycles. The van der Waals surface area contributed by atoms with Crippen LogP contribution in [0.15, 0.2) is 51.7 Å². The molecule has 0 N–H and O–H groups in total. The normalized spacial score (nSPS) is 10.8. The number of rotatable bonds is 1. The summed E-state index contributed by atoms with van der Waals surface area (Å²) in [6.45, 7) is 1.94. The van der Waals surface area contributed by atoms with Gasteiger partial charge >= 0.3 is 5.63 Å². The predicted octanol–water partition coefficient (Wildman–Crippen LogP) is 3.82. The lowest BCUT2D eigenvalue weighted by atomic mass is 10.1. The number of halogens is 1. The van der Waals surface area contributed by atoms with E-state index in [4.69, 9.17) is 16.0 Å². The summed E-state index contributed by atoms with van der Waals surface area (Å²) in [4.78, 5) is 16.3. The lowest BCUT2D eigenvalue weighted by molar-refractivity contribution is 0.518. The smallest absolute Gasteiger partial charge is 0.347 e. The van der Waals surface area contributed by atoms with Crippen LogP contribution in [-0.4, -0.2) is 4.98 Å². The number of para-hydroxylation sites is 1. The highest BCUT2D eigenvalue weighted by atomic mass is 35.5. The summed E-state index contributed by atoms with van der Waals surface area (Å²) in [6, 6.07) is 12.7. The highest BCUT2D eigenvalue weighted by molar-refractivity contribution is 6.35. The van der Waals surface area contributed by atoms with E-state index in [1.54, 1.807) is 18.2 Å². The first-order chi connectivity index (χ1) is 9.16. The van der Waals surface area contributed by atoms with Gasteiger partial charge in [0.15, 0.2) is 0 Å². The standard InChI is InChI=1S/C15H10ClNO2/c1-9-5-2-3-6-10(9)14-17-13-11(15(18)19-14)7-4-8-12(13)16/h2-8H,1H3. The molecule has 19 heavy (non-hydrogen) atoms. The van der Waals surface area contributed by atoms with Gasteiger partial charge in [-0.2, -0.15) is 0 Å². The molecule has 0 saturated carbocycles. The largest absolute Gasteiger partial charge is 0.403 e. The van der Waals surface area contributed by atoms with Crippen molar-refractivity contribution < 1.29 is 4.42 Å². The number of aromatic nitrogens is 1. The first-order valence-electron chi connectivity index (χ1n) is 5.82. The fourth-order valence-electron chi connectivity index (χ4n) is 1.99. The predicted molar refractivity (Wildman–Crippen MR) is 75.5 cm³/mol. The lowest BCUT2D eigenvalue weighted by Crippen LogP contribution is -2.03. The van der Waals surface area contributed by atoms with E-state index in [9.17, 15) is 4.79 Å². The fraction of sp³-hybridized carbons (Fsp3) is 0.0667. The van der Waals surface area contributed by atoms with Crippen molar-refractivity contribution >= 4 is 22.5 Å². The molecule has 0 radical (unpaired) electrons. The second-order valence-electron chi connectivity index (χ2n) is 4.26. The van der Waals surface area contributed by atoms with Gasteiger partial charge in [0.1, 0.15) is 5.52 Å². The van der Waals surface area contributed by atoms with E-state index in [2.05, 4.69) is 4.98 Å². The van der Waals surface area contributed by atoms with Crippen molar-refractivity contribution in [3.05, 3.63) is 63.5 Å². The molecule has 0 unspecified atom stereocenters. The minimum atomic E-state index is -0.425. The van der Waals surface area contributed by atoms with E-state index < -0.39 is 5.63 Å². The molecule has 3 rings (SSSR count). The quantitative estimate of drug-likeness (QED) is 0.676. The second kappa shape index (κ2) is 4.52. The SMILES string of the molecule is Cc1ccccc1-c1nc2c(Cl)cccc2c(=O)o1. The van der Waals surface area contributed by atoms with Gasteiger partial charge in [-0.05, 0) is 30.7 Å². The van der Waals surface area contributed by atoms with Gasteiger partial charge in [0.25, 0.3) is 0 Å². The van der Waals surface area contributed by atoms with Crippen LogP contribution in [0.3, 0.4) is 0 Å². The zero-order chi connectivity index (χ0) is 13.4. The average Bonchev–Trinajstić information content (AvgIpc) is 2.40. The maximum atomic E-state index is 12.0. The molecule has 4 heteroatoms. The van der Waals surface area contributed by atoms with Gasteiger partial charge in [0, 0.05) is 5.56 Å². The van der Waals surface area contributed by atoms with Crippen molar-refractivity contribution in [3.8, 4) is 11.5 Å². The van der Waals surface area contributed by atoms with Crippen molar-refractivity contribution in [2.75, 3.05) is 0 Å². The van der Waals surface area contributed by atoms with Crippen molar-refractivity contribution in [1.82, 2.24) is 4.98 Å². The highest BCUT2D eigenvalue weighted by Crippen LogP contribution is 2.25. The first kappa shape index (κ1) is 11.9. The third-order valence-electron chi connectivity index (χ3n) is 2.98. The van der Waals surface area contributed by atoms with Crippen molar-refractivity contribution in [1.29, 1.82) is 0 Å². The van der Waals surface area contributed by atoms with Crippen LogP contribution in [0, 0.1) is 6.92 Å². The van der Waals surface area contributed by atoms with Gasteiger partial charge in [-0.1, -0.05) is 35.9 Å². The molecular weight excluding hydrogens is 262 g/mol. The molecule has 0 amide bonds. The topological polar surface area (TPSA) is 43.1 Å². The zero-order valence-electron chi connectivity index (χ0n) is 10.2. The Hall–Kier alpha value is -2.13. The number of nitrogens with zero attached hydrogens (tertiary/aromatic N) is 1. The summed E-state index contributed by atoms with van der Waals surface area (Å²) < 4.78 is 5.29. The molecule has 2 aromatic carbocycles. The minimum absolute atomic E-state index is 0.295. The molecule has 3 aromatic rings. The number of hydrogen-bond acceptors (Lipinski definition) is 3. The molecular formula is C15H10ClNO2. The van der Waals surface area contributed by atoms with E-state index in [1.807, 2.05) is 31.2 Å². The van der Waals surface area contributed by atoms with Gasteiger partial charge in [-0.25, -0.2) is 9.78 Å². The molecule has 0 spiro atoms. The minimum Gasteiger partial charge on any atom is -0.403 e. The van der Waals surface area contributed by atoms with Crippen LogP contribution in [0.5, 0.6) is 0 Å². The highest BCUT2D eigenvalue weighted by Gasteiger charge is 2.11. The Kier molecular flexibility index (Phi) is 2.84. The summed E-state index contributed by atoms with van der Waals surface area (Å²) in [5.74, 6) is 0.295.